The van der Waals surface area contributed by atoms with Gasteiger partial charge < -0.3 is 29.9 Å². The molecule has 0 aromatic heterocycles. The van der Waals surface area contributed by atoms with Crippen LogP contribution in [-0.4, -0.2) is 62.9 Å². The zero-order valence-electron chi connectivity index (χ0n) is 18.3. The monoisotopic (exact) mass is 562 g/mol. The van der Waals surface area contributed by atoms with Gasteiger partial charge in [0.15, 0.2) is 23.5 Å². The van der Waals surface area contributed by atoms with Crippen molar-refractivity contribution in [2.75, 3.05) is 0 Å². The number of rotatable bonds is 6. The van der Waals surface area contributed by atoms with E-state index < -0.39 is 48.2 Å². The van der Waals surface area contributed by atoms with E-state index in [2.05, 4.69) is 22.9 Å². The van der Waals surface area contributed by atoms with Crippen LogP contribution in [0.3, 0.4) is 0 Å². The number of aliphatic hydroxyl groups is 3. The van der Waals surface area contributed by atoms with Gasteiger partial charge >= 0.3 is 5.97 Å². The predicted octanol–water partition coefficient (Wildman–Crippen LogP) is 2.95. The molecule has 1 aromatic rings. The first-order valence-corrected chi connectivity index (χ1v) is 12.2. The average Bonchev–Trinajstić information content (AvgIpc) is 3.12. The summed E-state index contributed by atoms with van der Waals surface area (Å²) in [6.07, 6.45) is -5.28. The number of Topliss-reactive ketones (excluding diaryl/α,β-unsaturated/α-hetero) is 1. The Kier molecular flexibility index (Phi) is 7.12. The molecule has 0 saturated carbocycles. The number of benzene rings is 1. The highest BCUT2D eigenvalue weighted by molar-refractivity contribution is 9.12. The number of carbonyl (C=O) groups excluding carboxylic acids is 1. The minimum Gasteiger partial charge on any atom is -0.479 e. The third-order valence-electron chi connectivity index (χ3n) is 6.94. The molecule has 8 nitrogen and oxygen atoms in total. The van der Waals surface area contributed by atoms with Crippen LogP contribution in [0.5, 0.6) is 5.75 Å². The van der Waals surface area contributed by atoms with Crippen molar-refractivity contribution in [2.24, 2.45) is 5.41 Å². The van der Waals surface area contributed by atoms with Gasteiger partial charge in [-0.1, -0.05) is 31.4 Å². The molecular formula is C23H25BrClFO8. The van der Waals surface area contributed by atoms with E-state index in [4.69, 9.17) is 21.1 Å². The van der Waals surface area contributed by atoms with Crippen molar-refractivity contribution in [1.29, 1.82) is 0 Å². The Morgan fingerprint density at radius 3 is 2.68 bits per heavy atom. The van der Waals surface area contributed by atoms with Gasteiger partial charge in [0.2, 0.25) is 6.29 Å². The Hall–Kier alpha value is -1.56. The molecule has 2 aliphatic carbocycles. The highest BCUT2D eigenvalue weighted by Gasteiger charge is 2.50. The van der Waals surface area contributed by atoms with Crippen LogP contribution < -0.4 is 4.74 Å². The van der Waals surface area contributed by atoms with Gasteiger partial charge in [-0.25, -0.2) is 9.18 Å². The first-order valence-electron chi connectivity index (χ1n) is 11.1. The maximum Gasteiger partial charge on any atom is 0.335 e. The van der Waals surface area contributed by atoms with Crippen molar-refractivity contribution in [3.63, 3.8) is 0 Å². The molecule has 1 unspecified atom stereocenters. The Labute approximate surface area is 208 Å². The summed E-state index contributed by atoms with van der Waals surface area (Å²) >= 11 is 10.0. The number of halogens is 3. The van der Waals surface area contributed by atoms with Gasteiger partial charge in [-0.05, 0) is 58.0 Å². The molecule has 1 saturated heterocycles. The number of aliphatic hydroxyl groups excluding tert-OH is 3. The first kappa shape index (κ1) is 25.5. The molecule has 4 rings (SSSR count). The van der Waals surface area contributed by atoms with Crippen molar-refractivity contribution < 1.29 is 43.9 Å². The van der Waals surface area contributed by atoms with Gasteiger partial charge in [-0.15, -0.1) is 0 Å². The van der Waals surface area contributed by atoms with Gasteiger partial charge in [-0.2, -0.15) is 0 Å². The second-order valence-corrected chi connectivity index (χ2v) is 10.2. The van der Waals surface area contributed by atoms with Gasteiger partial charge in [0.1, 0.15) is 18.3 Å². The van der Waals surface area contributed by atoms with Crippen LogP contribution in [0.4, 0.5) is 4.39 Å². The van der Waals surface area contributed by atoms with Crippen molar-refractivity contribution in [3.8, 4) is 5.75 Å². The SMILES string of the molecule is CCCC[C@@]12CCC(=O)C(Br)=C1c1cc(F)c(OC3O[C@H](C(=O)O)[C@@H](O)[C@H](O)[C@H]3O)c(Cl)c1C2. The molecule has 0 radical (unpaired) electrons. The minimum absolute atomic E-state index is 0.0576. The highest BCUT2D eigenvalue weighted by Crippen LogP contribution is 2.59. The van der Waals surface area contributed by atoms with Crippen LogP contribution in [0.2, 0.25) is 5.02 Å². The van der Waals surface area contributed by atoms with Gasteiger partial charge in [-0.3, -0.25) is 4.79 Å². The highest BCUT2D eigenvalue weighted by atomic mass is 79.9. The minimum atomic E-state index is -1.91. The number of unbranched alkanes of at least 4 members (excludes halogenated alkanes) is 1. The number of aliphatic carboxylic acids is 1. The van der Waals surface area contributed by atoms with Crippen molar-refractivity contribution in [3.05, 3.63) is 32.5 Å². The lowest BCUT2D eigenvalue weighted by Gasteiger charge is -2.38. The fraction of sp³-hybridized carbons (Fsp3) is 0.565. The van der Waals surface area contributed by atoms with E-state index in [1.54, 1.807) is 0 Å². The molecule has 3 aliphatic rings. The molecule has 11 heteroatoms. The van der Waals surface area contributed by atoms with Crippen molar-refractivity contribution in [1.82, 2.24) is 0 Å². The van der Waals surface area contributed by atoms with E-state index in [-0.39, 0.29) is 16.2 Å². The molecule has 1 aliphatic heterocycles. The topological polar surface area (TPSA) is 134 Å². The summed E-state index contributed by atoms with van der Waals surface area (Å²) in [5.74, 6) is -3.01. The Balaban J connectivity index is 1.74. The molecule has 1 fully saturated rings. The van der Waals surface area contributed by atoms with Gasteiger partial charge in [0.05, 0.1) is 9.51 Å². The summed E-state index contributed by atoms with van der Waals surface area (Å²) in [6.45, 7) is 2.06. The van der Waals surface area contributed by atoms with E-state index in [0.29, 0.717) is 34.9 Å². The summed E-state index contributed by atoms with van der Waals surface area (Å²) in [5, 5.41) is 39.3. The Morgan fingerprint density at radius 2 is 2.03 bits per heavy atom. The van der Waals surface area contributed by atoms with Crippen LogP contribution in [0.1, 0.15) is 50.2 Å². The normalized spacial score (nSPS) is 33.0. The second-order valence-electron chi connectivity index (χ2n) is 9.05. The number of fused-ring (bicyclic) bond motifs is 3. The van der Waals surface area contributed by atoms with Gasteiger partial charge in [0.25, 0.3) is 0 Å². The number of hydrogen-bond donors (Lipinski definition) is 4. The summed E-state index contributed by atoms with van der Waals surface area (Å²) in [4.78, 5) is 23.8. The number of carbonyl (C=O) groups is 2. The molecule has 4 N–H and O–H groups in total. The molecule has 0 spiro atoms. The van der Waals surface area contributed by atoms with E-state index >= 15 is 4.39 Å². The lowest BCUT2D eigenvalue weighted by atomic mass is 9.69. The maximum atomic E-state index is 15.3. The van der Waals surface area contributed by atoms with E-state index in [1.165, 1.54) is 6.07 Å². The number of ketones is 1. The summed E-state index contributed by atoms with van der Waals surface area (Å²) in [6, 6.07) is 1.22. The summed E-state index contributed by atoms with van der Waals surface area (Å²) in [5.41, 5.74) is 1.44. The Morgan fingerprint density at radius 1 is 1.32 bits per heavy atom. The quantitative estimate of drug-likeness (QED) is 0.415. The van der Waals surface area contributed by atoms with Crippen molar-refractivity contribution in [2.45, 2.75) is 76.2 Å². The second kappa shape index (κ2) is 9.48. The third-order valence-corrected chi connectivity index (χ3v) is 8.18. The molecule has 1 aromatic carbocycles. The molecule has 0 amide bonds. The van der Waals surface area contributed by atoms with Crippen LogP contribution in [0.15, 0.2) is 10.5 Å². The number of carboxylic acid groups (broad SMARTS) is 1. The molecule has 34 heavy (non-hydrogen) atoms. The lowest BCUT2D eigenvalue weighted by molar-refractivity contribution is -0.271. The number of hydrogen-bond acceptors (Lipinski definition) is 7. The van der Waals surface area contributed by atoms with E-state index in [9.17, 15) is 30.0 Å². The summed E-state index contributed by atoms with van der Waals surface area (Å²) < 4.78 is 26.3. The van der Waals surface area contributed by atoms with Crippen LogP contribution in [0.25, 0.3) is 5.57 Å². The van der Waals surface area contributed by atoms with Crippen LogP contribution in [0, 0.1) is 11.2 Å². The van der Waals surface area contributed by atoms with E-state index in [0.717, 1.165) is 24.8 Å². The molecule has 0 bridgehead atoms. The van der Waals surface area contributed by atoms with Gasteiger partial charge in [0, 0.05) is 11.8 Å². The van der Waals surface area contributed by atoms with E-state index in [1.807, 2.05) is 0 Å². The summed E-state index contributed by atoms with van der Waals surface area (Å²) in [7, 11) is 0. The fourth-order valence-corrected chi connectivity index (χ4v) is 6.28. The fourth-order valence-electron chi connectivity index (χ4n) is 5.14. The number of allylic oxidation sites excluding steroid dienone is 2. The maximum absolute atomic E-state index is 15.3. The van der Waals surface area contributed by atoms with Crippen molar-refractivity contribution >= 4 is 44.9 Å². The molecular weight excluding hydrogens is 539 g/mol. The molecule has 6 atom stereocenters. The standard InChI is InChI=1S/C23H25BrClFO8/c1-2-3-5-23-6-4-12(27)14(24)13(23)9-7-11(26)19(15(25)10(9)8-23)33-22-18(30)16(28)17(29)20(34-22)21(31)32/h7,16-18,20,22,28-30H,2-6,8H2,1H3,(H,31,32)/t16-,17-,18+,20-,22?,23-/m0/s1. The number of ether oxygens (including phenoxy) is 2. The first-order chi connectivity index (χ1) is 16.0. The average molecular weight is 564 g/mol. The largest absolute Gasteiger partial charge is 0.479 e. The molecule has 1 heterocycles. The zero-order chi connectivity index (χ0) is 24.9. The van der Waals surface area contributed by atoms with Crippen LogP contribution >= 0.6 is 27.5 Å². The number of carboxylic acids is 1. The third kappa shape index (κ3) is 4.08. The predicted molar refractivity (Wildman–Crippen MR) is 122 cm³/mol. The zero-order valence-corrected chi connectivity index (χ0v) is 20.6. The Bertz CT molecular complexity index is 1060. The smallest absolute Gasteiger partial charge is 0.335 e. The molecule has 186 valence electrons. The van der Waals surface area contributed by atoms with Crippen LogP contribution in [-0.2, 0) is 20.7 Å². The lowest BCUT2D eigenvalue weighted by Crippen LogP contribution is -2.61.